The Labute approximate surface area is 226 Å². The fourth-order valence-corrected chi connectivity index (χ4v) is 4.18. The summed E-state index contributed by atoms with van der Waals surface area (Å²) in [4.78, 5) is 44.8. The predicted molar refractivity (Wildman–Crippen MR) is 149 cm³/mol. The van der Waals surface area contributed by atoms with Crippen molar-refractivity contribution in [3.05, 3.63) is 72.2 Å². The number of nitrogens with one attached hydrogen (secondary N) is 3. The van der Waals surface area contributed by atoms with E-state index < -0.39 is 12.1 Å². The summed E-state index contributed by atoms with van der Waals surface area (Å²) in [6.07, 6.45) is 2.77. The minimum Gasteiger partial charge on any atom is -0.453 e. The van der Waals surface area contributed by atoms with E-state index in [1.165, 1.54) is 0 Å². The number of hydrogen-bond acceptors (Lipinski definition) is 10. The Kier molecular flexibility index (Phi) is 7.60. The number of rotatable bonds is 8. The number of benzene rings is 1. The van der Waals surface area contributed by atoms with E-state index in [0.29, 0.717) is 47.4 Å². The molecule has 11 nitrogen and oxygen atoms in total. The van der Waals surface area contributed by atoms with Gasteiger partial charge in [0.2, 0.25) is 11.9 Å². The predicted octanol–water partition coefficient (Wildman–Crippen LogP) is 3.84. The molecule has 0 saturated carbocycles. The van der Waals surface area contributed by atoms with Gasteiger partial charge in [0.05, 0.1) is 29.7 Å². The average Bonchev–Trinajstić information content (AvgIpc) is 2.94. The molecule has 11 heteroatoms. The van der Waals surface area contributed by atoms with Crippen molar-refractivity contribution in [2.75, 3.05) is 35.2 Å². The van der Waals surface area contributed by atoms with Crippen LogP contribution in [0, 0.1) is 0 Å². The Bertz CT molecular complexity index is 1480. The number of hydrogen-bond donors (Lipinski definition) is 3. The summed E-state index contributed by atoms with van der Waals surface area (Å²) in [5.41, 5.74) is 2.42. The molecule has 3 N–H and O–H groups in total. The van der Waals surface area contributed by atoms with Gasteiger partial charge in [-0.1, -0.05) is 18.2 Å². The van der Waals surface area contributed by atoms with Crippen LogP contribution in [0.3, 0.4) is 0 Å². The minimum absolute atomic E-state index is 0.0165. The van der Waals surface area contributed by atoms with E-state index in [1.807, 2.05) is 32.0 Å². The zero-order chi connectivity index (χ0) is 27.4. The van der Waals surface area contributed by atoms with Crippen molar-refractivity contribution < 1.29 is 14.3 Å². The van der Waals surface area contributed by atoms with Gasteiger partial charge in [0, 0.05) is 30.7 Å². The summed E-state index contributed by atoms with van der Waals surface area (Å²) in [5.74, 6) is 1.06. The van der Waals surface area contributed by atoms with Crippen LogP contribution < -0.4 is 20.9 Å². The first kappa shape index (κ1) is 26.0. The van der Waals surface area contributed by atoms with Crippen LogP contribution in [0.15, 0.2) is 60.9 Å². The molecule has 0 unspecified atom stereocenters. The van der Waals surface area contributed by atoms with Gasteiger partial charge in [-0.05, 0) is 51.1 Å². The lowest BCUT2D eigenvalue weighted by Crippen LogP contribution is -2.48. The standard InChI is InChI=1S/C28H30N8O3/c1-17(2)32-26-25-20(13-22(33-26)18(3)39-27(38)19-7-5-4-6-8-19)14-31-28(35-25)34-23-10-9-21(15-30-23)36-12-11-29-16-24(36)37/h4-10,13-15,17-18,29H,11-12,16H2,1-3H3,(H,32,33)(H,30,31,34,35)/t18-/m1/s1. The van der Waals surface area contributed by atoms with Crippen molar-refractivity contribution in [3.8, 4) is 0 Å². The van der Waals surface area contributed by atoms with E-state index >= 15 is 0 Å². The quantitative estimate of drug-likeness (QED) is 0.291. The van der Waals surface area contributed by atoms with Crippen LogP contribution in [0.25, 0.3) is 10.9 Å². The van der Waals surface area contributed by atoms with E-state index in [0.717, 1.165) is 17.6 Å². The Morgan fingerprint density at radius 1 is 1.05 bits per heavy atom. The normalized spacial score (nSPS) is 14.4. The van der Waals surface area contributed by atoms with Gasteiger partial charge in [0.15, 0.2) is 5.82 Å². The second kappa shape index (κ2) is 11.4. The van der Waals surface area contributed by atoms with Crippen LogP contribution >= 0.6 is 0 Å². The second-order valence-electron chi connectivity index (χ2n) is 9.49. The van der Waals surface area contributed by atoms with Gasteiger partial charge in [0.25, 0.3) is 0 Å². The Morgan fingerprint density at radius 2 is 1.87 bits per heavy atom. The highest BCUT2D eigenvalue weighted by Crippen LogP contribution is 2.27. The molecule has 4 aromatic rings. The van der Waals surface area contributed by atoms with E-state index in [9.17, 15) is 9.59 Å². The van der Waals surface area contributed by atoms with Crippen LogP contribution in [-0.2, 0) is 9.53 Å². The number of carbonyl (C=O) groups excluding carboxylic acids is 2. The van der Waals surface area contributed by atoms with Gasteiger partial charge in [-0.25, -0.2) is 24.7 Å². The molecule has 1 atom stereocenters. The van der Waals surface area contributed by atoms with Gasteiger partial charge in [0.1, 0.15) is 17.4 Å². The van der Waals surface area contributed by atoms with Gasteiger partial charge in [-0.3, -0.25) is 4.79 Å². The Hall–Kier alpha value is -4.64. The number of piperazine rings is 1. The van der Waals surface area contributed by atoms with Gasteiger partial charge < -0.3 is 25.6 Å². The SMILES string of the molecule is CC(C)Nc1nc([C@@H](C)OC(=O)c2ccccc2)cc2cnc(Nc3ccc(N4CCNCC4=O)cn3)nc12. The lowest BCUT2D eigenvalue weighted by Gasteiger charge is -2.27. The maximum Gasteiger partial charge on any atom is 0.338 e. The van der Waals surface area contributed by atoms with E-state index in [-0.39, 0.29) is 11.9 Å². The third-order valence-electron chi connectivity index (χ3n) is 6.11. The van der Waals surface area contributed by atoms with E-state index in [4.69, 9.17) is 9.72 Å². The minimum atomic E-state index is -0.585. The highest BCUT2D eigenvalue weighted by molar-refractivity contribution is 5.95. The smallest absolute Gasteiger partial charge is 0.338 e. The highest BCUT2D eigenvalue weighted by Gasteiger charge is 2.20. The molecule has 1 aliphatic heterocycles. The van der Waals surface area contributed by atoms with Crippen LogP contribution in [0.5, 0.6) is 0 Å². The van der Waals surface area contributed by atoms with Crippen LogP contribution in [-0.4, -0.2) is 57.5 Å². The fraction of sp³-hybridized carbons (Fsp3) is 0.286. The third-order valence-corrected chi connectivity index (χ3v) is 6.11. The molecule has 3 aromatic heterocycles. The topological polar surface area (TPSA) is 134 Å². The first-order valence-corrected chi connectivity index (χ1v) is 12.8. The number of esters is 1. The van der Waals surface area contributed by atoms with Gasteiger partial charge >= 0.3 is 5.97 Å². The summed E-state index contributed by atoms with van der Waals surface area (Å²) in [5, 5.41) is 10.3. The van der Waals surface area contributed by atoms with Crippen LogP contribution in [0.2, 0.25) is 0 Å². The maximum absolute atomic E-state index is 12.6. The zero-order valence-electron chi connectivity index (χ0n) is 22.0. The number of amides is 1. The molecule has 0 radical (unpaired) electrons. The molecular formula is C28H30N8O3. The molecule has 200 valence electrons. The highest BCUT2D eigenvalue weighted by atomic mass is 16.5. The van der Waals surface area contributed by atoms with Crippen molar-refractivity contribution >= 4 is 46.1 Å². The van der Waals surface area contributed by atoms with Crippen molar-refractivity contribution in [1.82, 2.24) is 25.3 Å². The molecule has 39 heavy (non-hydrogen) atoms. The number of fused-ring (bicyclic) bond motifs is 1. The fourth-order valence-electron chi connectivity index (χ4n) is 4.18. The van der Waals surface area contributed by atoms with Crippen LogP contribution in [0.4, 0.5) is 23.3 Å². The van der Waals surface area contributed by atoms with Crippen molar-refractivity contribution in [3.63, 3.8) is 0 Å². The summed E-state index contributed by atoms with van der Waals surface area (Å²) >= 11 is 0. The molecule has 4 heterocycles. The molecular weight excluding hydrogens is 496 g/mol. The van der Waals surface area contributed by atoms with E-state index in [1.54, 1.807) is 54.5 Å². The zero-order valence-corrected chi connectivity index (χ0v) is 22.0. The van der Waals surface area contributed by atoms with Crippen molar-refractivity contribution in [2.24, 2.45) is 0 Å². The molecule has 1 fully saturated rings. The van der Waals surface area contributed by atoms with Gasteiger partial charge in [-0.15, -0.1) is 0 Å². The molecule has 1 aliphatic rings. The second-order valence-corrected chi connectivity index (χ2v) is 9.49. The summed E-state index contributed by atoms with van der Waals surface area (Å²) in [6, 6.07) is 14.4. The molecule has 1 amide bonds. The molecule has 5 rings (SSSR count). The number of pyridine rings is 2. The number of carbonyl (C=O) groups is 2. The Balaban J connectivity index is 1.37. The van der Waals surface area contributed by atoms with Gasteiger partial charge in [-0.2, -0.15) is 0 Å². The first-order valence-electron chi connectivity index (χ1n) is 12.8. The number of nitrogens with zero attached hydrogens (tertiary/aromatic N) is 5. The number of ether oxygens (including phenoxy) is 1. The lowest BCUT2D eigenvalue weighted by atomic mass is 10.1. The monoisotopic (exact) mass is 526 g/mol. The summed E-state index contributed by atoms with van der Waals surface area (Å²) < 4.78 is 5.68. The largest absolute Gasteiger partial charge is 0.453 e. The van der Waals surface area contributed by atoms with Crippen molar-refractivity contribution in [2.45, 2.75) is 32.9 Å². The maximum atomic E-state index is 12.6. The van der Waals surface area contributed by atoms with E-state index in [2.05, 4.69) is 30.9 Å². The molecule has 1 aromatic carbocycles. The molecule has 0 spiro atoms. The average molecular weight is 527 g/mol. The number of anilines is 4. The molecule has 0 bridgehead atoms. The first-order chi connectivity index (χ1) is 18.9. The summed E-state index contributed by atoms with van der Waals surface area (Å²) in [7, 11) is 0. The van der Waals surface area contributed by atoms with Crippen molar-refractivity contribution in [1.29, 1.82) is 0 Å². The summed E-state index contributed by atoms with van der Waals surface area (Å²) in [6.45, 7) is 7.47. The molecule has 0 aliphatic carbocycles. The number of aromatic nitrogens is 4. The molecule has 1 saturated heterocycles. The lowest BCUT2D eigenvalue weighted by molar-refractivity contribution is -0.118. The third kappa shape index (κ3) is 6.10. The van der Waals surface area contributed by atoms with Crippen LogP contribution in [0.1, 0.15) is 42.9 Å². The Morgan fingerprint density at radius 3 is 2.59 bits per heavy atom.